The van der Waals surface area contributed by atoms with Crippen LogP contribution in [0.2, 0.25) is 0 Å². The SMILES string of the molecule is Cc1ccc(NC(=O)Nc2ccc(N3CCC(Cc4ccccc4)CC3)c(C(=O)NCC(C)C)c2)cc1C. The van der Waals surface area contributed by atoms with Gasteiger partial charge in [-0.15, -0.1) is 0 Å². The number of hydrogen-bond acceptors (Lipinski definition) is 3. The summed E-state index contributed by atoms with van der Waals surface area (Å²) in [6, 6.07) is 21.8. The fourth-order valence-electron chi connectivity index (χ4n) is 4.90. The van der Waals surface area contributed by atoms with E-state index in [1.807, 2.05) is 44.2 Å². The van der Waals surface area contributed by atoms with Gasteiger partial charge in [0.25, 0.3) is 5.91 Å². The van der Waals surface area contributed by atoms with Gasteiger partial charge in [-0.1, -0.05) is 50.2 Å². The molecule has 0 bridgehead atoms. The highest BCUT2D eigenvalue weighted by Crippen LogP contribution is 2.30. The number of carbonyl (C=O) groups excluding carboxylic acids is 2. The van der Waals surface area contributed by atoms with E-state index in [0.717, 1.165) is 49.3 Å². The zero-order chi connectivity index (χ0) is 27.1. The molecule has 3 N–H and O–H groups in total. The summed E-state index contributed by atoms with van der Waals surface area (Å²) in [7, 11) is 0. The van der Waals surface area contributed by atoms with E-state index >= 15 is 0 Å². The molecule has 3 amide bonds. The molecule has 0 spiro atoms. The molecule has 38 heavy (non-hydrogen) atoms. The van der Waals surface area contributed by atoms with Crippen molar-refractivity contribution in [3.63, 3.8) is 0 Å². The number of urea groups is 1. The minimum absolute atomic E-state index is 0.113. The molecule has 1 heterocycles. The Balaban J connectivity index is 1.46. The van der Waals surface area contributed by atoms with Crippen molar-refractivity contribution in [3.05, 3.63) is 89.0 Å². The minimum atomic E-state index is -0.337. The Hall–Kier alpha value is -3.80. The molecule has 4 rings (SSSR count). The Labute approximate surface area is 226 Å². The van der Waals surface area contributed by atoms with Crippen molar-refractivity contribution in [1.82, 2.24) is 5.32 Å². The number of aryl methyl sites for hydroxylation is 2. The highest BCUT2D eigenvalue weighted by molar-refractivity contribution is 6.04. The largest absolute Gasteiger partial charge is 0.371 e. The maximum Gasteiger partial charge on any atom is 0.323 e. The lowest BCUT2D eigenvalue weighted by Crippen LogP contribution is -2.36. The molecule has 1 aliphatic heterocycles. The van der Waals surface area contributed by atoms with E-state index in [1.165, 1.54) is 11.1 Å². The highest BCUT2D eigenvalue weighted by Gasteiger charge is 2.24. The van der Waals surface area contributed by atoms with Gasteiger partial charge in [0, 0.05) is 36.7 Å². The highest BCUT2D eigenvalue weighted by atomic mass is 16.2. The molecule has 0 unspecified atom stereocenters. The Morgan fingerprint density at radius 3 is 2.18 bits per heavy atom. The number of nitrogens with zero attached hydrogens (tertiary/aromatic N) is 1. The van der Waals surface area contributed by atoms with Crippen LogP contribution in [0.4, 0.5) is 21.9 Å². The first kappa shape index (κ1) is 27.2. The number of rotatable bonds is 8. The third-order valence-corrected chi connectivity index (χ3v) is 7.26. The number of anilines is 3. The van der Waals surface area contributed by atoms with Crippen LogP contribution < -0.4 is 20.9 Å². The van der Waals surface area contributed by atoms with E-state index in [9.17, 15) is 9.59 Å². The predicted octanol–water partition coefficient (Wildman–Crippen LogP) is 6.79. The topological polar surface area (TPSA) is 73.5 Å². The van der Waals surface area contributed by atoms with Gasteiger partial charge in [0.05, 0.1) is 5.56 Å². The summed E-state index contributed by atoms with van der Waals surface area (Å²) in [5.41, 5.74) is 6.51. The van der Waals surface area contributed by atoms with E-state index in [2.05, 4.69) is 65.0 Å². The lowest BCUT2D eigenvalue weighted by molar-refractivity contribution is 0.0949. The Morgan fingerprint density at radius 2 is 1.53 bits per heavy atom. The zero-order valence-corrected chi connectivity index (χ0v) is 23.0. The monoisotopic (exact) mass is 512 g/mol. The molecule has 0 radical (unpaired) electrons. The van der Waals surface area contributed by atoms with E-state index in [4.69, 9.17) is 0 Å². The van der Waals surface area contributed by atoms with Crippen molar-refractivity contribution >= 4 is 29.0 Å². The lowest BCUT2D eigenvalue weighted by atomic mass is 9.89. The number of benzene rings is 3. The maximum absolute atomic E-state index is 13.3. The molecule has 0 atom stereocenters. The summed E-state index contributed by atoms with van der Waals surface area (Å²) >= 11 is 0. The van der Waals surface area contributed by atoms with Crippen LogP contribution in [0.15, 0.2) is 66.7 Å². The van der Waals surface area contributed by atoms with Crippen molar-refractivity contribution in [3.8, 4) is 0 Å². The molecule has 3 aromatic carbocycles. The summed E-state index contributed by atoms with van der Waals surface area (Å²) < 4.78 is 0. The van der Waals surface area contributed by atoms with Gasteiger partial charge < -0.3 is 20.9 Å². The third kappa shape index (κ3) is 7.37. The van der Waals surface area contributed by atoms with E-state index in [1.54, 1.807) is 6.07 Å². The molecule has 0 aliphatic carbocycles. The van der Waals surface area contributed by atoms with Crippen molar-refractivity contribution in [2.75, 3.05) is 35.2 Å². The van der Waals surface area contributed by atoms with Crippen LogP contribution in [0.25, 0.3) is 0 Å². The molecule has 1 fully saturated rings. The first-order chi connectivity index (χ1) is 18.3. The molecular weight excluding hydrogens is 472 g/mol. The second-order valence-electron chi connectivity index (χ2n) is 10.8. The van der Waals surface area contributed by atoms with Crippen molar-refractivity contribution < 1.29 is 9.59 Å². The quantitative estimate of drug-likeness (QED) is 0.311. The standard InChI is InChI=1S/C32H40N4O2/c1-22(2)21-33-31(37)29-20-28(35-32(38)34-27-11-10-23(3)24(4)18-27)12-13-30(29)36-16-14-26(15-17-36)19-25-8-6-5-7-9-25/h5-13,18,20,22,26H,14-17,19,21H2,1-4H3,(H,33,37)(H2,34,35,38). The second-order valence-corrected chi connectivity index (χ2v) is 10.8. The number of carbonyl (C=O) groups is 2. The van der Waals surface area contributed by atoms with Crippen LogP contribution in [-0.4, -0.2) is 31.6 Å². The molecule has 0 aromatic heterocycles. The zero-order valence-electron chi connectivity index (χ0n) is 23.0. The summed E-state index contributed by atoms with van der Waals surface area (Å²) in [6.07, 6.45) is 3.26. The van der Waals surface area contributed by atoms with Gasteiger partial charge in [0.1, 0.15) is 0 Å². The first-order valence-corrected chi connectivity index (χ1v) is 13.6. The molecule has 1 aliphatic rings. The van der Waals surface area contributed by atoms with Crippen LogP contribution in [0, 0.1) is 25.7 Å². The van der Waals surface area contributed by atoms with E-state index < -0.39 is 0 Å². The normalized spacial score (nSPS) is 13.9. The van der Waals surface area contributed by atoms with Gasteiger partial charge in [-0.05, 0) is 92.0 Å². The van der Waals surface area contributed by atoms with Crippen molar-refractivity contribution in [2.24, 2.45) is 11.8 Å². The summed E-state index contributed by atoms with van der Waals surface area (Å²) in [4.78, 5) is 28.3. The van der Waals surface area contributed by atoms with Gasteiger partial charge in [0.15, 0.2) is 0 Å². The molecule has 1 saturated heterocycles. The van der Waals surface area contributed by atoms with Gasteiger partial charge in [-0.25, -0.2) is 4.79 Å². The first-order valence-electron chi connectivity index (χ1n) is 13.6. The molecule has 200 valence electrons. The Morgan fingerprint density at radius 1 is 0.868 bits per heavy atom. The predicted molar refractivity (Wildman–Crippen MR) is 157 cm³/mol. The fourth-order valence-corrected chi connectivity index (χ4v) is 4.90. The lowest BCUT2D eigenvalue weighted by Gasteiger charge is -2.35. The number of hydrogen-bond donors (Lipinski definition) is 3. The number of amides is 3. The molecule has 3 aromatic rings. The van der Waals surface area contributed by atoms with Gasteiger partial charge in [-0.2, -0.15) is 0 Å². The Kier molecular flexibility index (Phi) is 9.06. The summed E-state index contributed by atoms with van der Waals surface area (Å²) in [5, 5.41) is 8.85. The average Bonchev–Trinajstić information content (AvgIpc) is 2.90. The second kappa shape index (κ2) is 12.6. The van der Waals surface area contributed by atoms with Gasteiger partial charge >= 0.3 is 6.03 Å². The van der Waals surface area contributed by atoms with Crippen molar-refractivity contribution in [1.29, 1.82) is 0 Å². The van der Waals surface area contributed by atoms with E-state index in [-0.39, 0.29) is 11.9 Å². The van der Waals surface area contributed by atoms with Crippen LogP contribution in [-0.2, 0) is 6.42 Å². The average molecular weight is 513 g/mol. The maximum atomic E-state index is 13.3. The van der Waals surface area contributed by atoms with Crippen molar-refractivity contribution in [2.45, 2.75) is 47.0 Å². The van der Waals surface area contributed by atoms with E-state index in [0.29, 0.717) is 29.6 Å². The van der Waals surface area contributed by atoms with Crippen LogP contribution in [0.3, 0.4) is 0 Å². The molecular formula is C32H40N4O2. The molecule has 6 heteroatoms. The smallest absolute Gasteiger partial charge is 0.323 e. The van der Waals surface area contributed by atoms with Crippen LogP contribution in [0.1, 0.15) is 53.7 Å². The van der Waals surface area contributed by atoms with Gasteiger partial charge in [-0.3, -0.25) is 4.79 Å². The minimum Gasteiger partial charge on any atom is -0.371 e. The number of nitrogens with one attached hydrogen (secondary N) is 3. The fraction of sp³-hybridized carbons (Fsp3) is 0.375. The van der Waals surface area contributed by atoms with Crippen LogP contribution >= 0.6 is 0 Å². The molecule has 0 saturated carbocycles. The van der Waals surface area contributed by atoms with Gasteiger partial charge in [0.2, 0.25) is 0 Å². The summed E-state index contributed by atoms with van der Waals surface area (Å²) in [6.45, 7) is 10.6. The number of piperidine rings is 1. The molecule has 6 nitrogen and oxygen atoms in total. The summed E-state index contributed by atoms with van der Waals surface area (Å²) in [5.74, 6) is 0.876. The third-order valence-electron chi connectivity index (χ3n) is 7.26. The van der Waals surface area contributed by atoms with Crippen LogP contribution in [0.5, 0.6) is 0 Å². The Bertz CT molecular complexity index is 1250.